The molecule has 0 radical (unpaired) electrons. The molecule has 0 spiro atoms. The Labute approximate surface area is 386 Å². The largest absolute Gasteiger partial charge is 0.448 e. The molecule has 0 amide bonds. The number of alkyl halides is 1. The van der Waals surface area contributed by atoms with E-state index in [0.717, 1.165) is 0 Å². The minimum Gasteiger partial charge on any atom is -0.448 e. The van der Waals surface area contributed by atoms with Crippen LogP contribution < -0.4 is 0 Å². The number of cyclic esters (lactones) is 1. The average molecular weight is 1000 g/mol. The highest BCUT2D eigenvalue weighted by Crippen LogP contribution is 2.41. The molecule has 0 aliphatic carbocycles. The van der Waals surface area contributed by atoms with Crippen LogP contribution in [0.4, 0.5) is 0 Å². The van der Waals surface area contributed by atoms with Crippen molar-refractivity contribution in [2.45, 2.75) is 176 Å². The quantitative estimate of drug-likeness (QED) is 0.0622. The summed E-state index contributed by atoms with van der Waals surface area (Å²) in [7, 11) is 8.90. The first-order chi connectivity index (χ1) is 28.9. The van der Waals surface area contributed by atoms with Gasteiger partial charge in [0.05, 0.1) is 61.4 Å². The molecule has 3 N–H and O–H groups in total. The Kier molecular flexibility index (Phi) is 22.4. The third-order valence-electron chi connectivity index (χ3n) is 13.1. The lowest BCUT2D eigenvalue weighted by Crippen LogP contribution is -2.60. The van der Waals surface area contributed by atoms with Crippen molar-refractivity contribution in [3.05, 3.63) is 12.7 Å². The Balaban J connectivity index is 2.03. The van der Waals surface area contributed by atoms with Gasteiger partial charge < -0.3 is 72.5 Å². The number of rotatable bonds is 17. The van der Waals surface area contributed by atoms with Gasteiger partial charge in [-0.1, -0.05) is 19.9 Å². The number of methoxy groups -OCH3 is 2. The normalized spacial score (nSPS) is 43.5. The summed E-state index contributed by atoms with van der Waals surface area (Å²) in [6.45, 7) is 23.2. The molecule has 17 heteroatoms. The summed E-state index contributed by atoms with van der Waals surface area (Å²) in [5, 5.41) is 36.4. The van der Waals surface area contributed by atoms with E-state index in [4.69, 9.17) is 47.4 Å². The van der Waals surface area contributed by atoms with Crippen LogP contribution in [0.2, 0.25) is 0 Å². The maximum Gasteiger partial charge on any atom is 0.312 e. The van der Waals surface area contributed by atoms with E-state index < -0.39 is 87.9 Å². The number of ether oxygens (including phenoxy) is 10. The predicted molar refractivity (Wildman–Crippen MR) is 243 cm³/mol. The van der Waals surface area contributed by atoms with Crippen LogP contribution in [0, 0.1) is 17.8 Å². The highest BCUT2D eigenvalue weighted by atomic mass is 127. The van der Waals surface area contributed by atoms with Gasteiger partial charge in [-0.15, -0.1) is 6.58 Å². The lowest BCUT2D eigenvalue weighted by Gasteiger charge is -2.49. The van der Waals surface area contributed by atoms with Crippen LogP contribution in [0.15, 0.2) is 12.7 Å². The first kappa shape index (κ1) is 55.7. The second-order valence-corrected chi connectivity index (χ2v) is 20.1. The predicted octanol–water partition coefficient (Wildman–Crippen LogP) is 4.17. The third kappa shape index (κ3) is 14.7. The van der Waals surface area contributed by atoms with E-state index >= 15 is 0 Å². The van der Waals surface area contributed by atoms with Crippen molar-refractivity contribution in [1.82, 2.24) is 9.80 Å². The molecule has 0 unspecified atom stereocenters. The molecule has 0 aromatic heterocycles. The second kappa shape index (κ2) is 24.9. The summed E-state index contributed by atoms with van der Waals surface area (Å²) < 4.78 is 61.2. The van der Waals surface area contributed by atoms with Gasteiger partial charge >= 0.3 is 5.97 Å². The fourth-order valence-corrected chi connectivity index (χ4v) is 10.2. The molecule has 3 saturated heterocycles. The van der Waals surface area contributed by atoms with Gasteiger partial charge in [0, 0.05) is 58.4 Å². The van der Waals surface area contributed by atoms with E-state index in [0.29, 0.717) is 52.4 Å². The number of halogens is 1. The van der Waals surface area contributed by atoms with Gasteiger partial charge in [0.2, 0.25) is 0 Å². The molecule has 0 aromatic rings. The molecule has 16 nitrogen and oxygen atoms in total. The first-order valence-electron chi connectivity index (χ1n) is 22.4. The molecular formula is C45H83IN2O14. The zero-order valence-corrected chi connectivity index (χ0v) is 42.3. The first-order valence-corrected chi connectivity index (χ1v) is 23.6. The maximum absolute atomic E-state index is 14.4. The van der Waals surface area contributed by atoms with Crippen molar-refractivity contribution in [3.63, 3.8) is 0 Å². The number of aliphatic hydroxyl groups is 3. The average Bonchev–Trinajstić information content (AvgIpc) is 3.18. The Morgan fingerprint density at radius 1 is 0.935 bits per heavy atom. The Bertz CT molecular complexity index is 1350. The van der Waals surface area contributed by atoms with Crippen molar-refractivity contribution in [1.29, 1.82) is 0 Å². The van der Waals surface area contributed by atoms with Crippen LogP contribution in [0.25, 0.3) is 0 Å². The van der Waals surface area contributed by atoms with E-state index in [9.17, 15) is 20.1 Å². The molecule has 3 aliphatic rings. The van der Waals surface area contributed by atoms with E-state index in [1.807, 2.05) is 90.2 Å². The summed E-state index contributed by atoms with van der Waals surface area (Å²) in [6, 6.07) is -0.579. The van der Waals surface area contributed by atoms with E-state index in [1.165, 1.54) is 7.11 Å². The molecule has 3 heterocycles. The summed E-state index contributed by atoms with van der Waals surface area (Å²) in [4.78, 5) is 18.4. The van der Waals surface area contributed by atoms with Crippen LogP contribution in [0.3, 0.4) is 0 Å². The molecule has 364 valence electrons. The molecule has 18 atom stereocenters. The van der Waals surface area contributed by atoms with Crippen molar-refractivity contribution in [3.8, 4) is 0 Å². The number of esters is 1. The van der Waals surface area contributed by atoms with Crippen molar-refractivity contribution < 1.29 is 67.5 Å². The molecule has 3 fully saturated rings. The molecule has 0 saturated carbocycles. The van der Waals surface area contributed by atoms with Gasteiger partial charge in [-0.25, -0.2) is 0 Å². The zero-order valence-electron chi connectivity index (χ0n) is 40.1. The van der Waals surface area contributed by atoms with Gasteiger partial charge in [0.1, 0.15) is 23.9 Å². The SMILES string of the molecule is C=CCOCCOCCCO[C@H]1[C@H](C)O[C@@H](O[C@H]2[C@H](C)[C@@H](O[C@@H]3O[C@H](C)C[C@H](N(C)C)[C@H]3O)[C@](C)(O)C[C@@H](C)CN(C)[C@H](C)[C@@H](OC)[C@](C)(O)[C@@H](I)OC(=O)[C@@H]2C)C[C@@]1(C)OC. The fourth-order valence-electron chi connectivity index (χ4n) is 9.62. The van der Waals surface area contributed by atoms with Crippen molar-refractivity contribution in [2.75, 3.05) is 74.9 Å². The molecule has 0 bridgehead atoms. The smallest absolute Gasteiger partial charge is 0.312 e. The van der Waals surface area contributed by atoms with Crippen LogP contribution in [-0.2, 0) is 52.2 Å². The van der Waals surface area contributed by atoms with Crippen LogP contribution in [0.1, 0.15) is 88.0 Å². The van der Waals surface area contributed by atoms with Gasteiger partial charge in [-0.05, 0) is 117 Å². The highest BCUT2D eigenvalue weighted by Gasteiger charge is 2.53. The highest BCUT2D eigenvalue weighted by molar-refractivity contribution is 14.1. The summed E-state index contributed by atoms with van der Waals surface area (Å²) in [5.41, 5.74) is -3.99. The van der Waals surface area contributed by atoms with Crippen LogP contribution in [-0.4, -0.2) is 194 Å². The zero-order chi connectivity index (χ0) is 46.7. The Morgan fingerprint density at radius 2 is 1.60 bits per heavy atom. The lowest BCUT2D eigenvalue weighted by molar-refractivity contribution is -0.320. The Hall–Kier alpha value is -0.620. The number of carbonyl (C=O) groups excluding carboxylic acids is 1. The standard InChI is InChI=1S/C45H83IN2O14/c1-16-18-55-21-22-56-19-17-20-57-39-32(7)59-34(25-44(39,9)54-15)60-36-29(4)37(61-41-35(49)33(47(11)12)23-28(3)58-41)43(8,51)24-27(2)26-48(13)31(6)38(53-14)45(10,52)42(46)62-40(50)30(36)5/h16,27-39,41-42,49,51-52H,1,17-26H2,2-15H3/t27-,28-,29+,30-,31-,32+,33+,34+,35-,36+,37-,38-,39+,41+,42+,43-,44-,45+/m1/s1. The van der Waals surface area contributed by atoms with Gasteiger partial charge in [-0.3, -0.25) is 4.79 Å². The Morgan fingerprint density at radius 3 is 2.21 bits per heavy atom. The summed E-state index contributed by atoms with van der Waals surface area (Å²) in [6.07, 6.45) is -3.52. The fraction of sp³-hybridized carbons (Fsp3) is 0.933. The number of aliphatic hydroxyl groups excluding tert-OH is 1. The summed E-state index contributed by atoms with van der Waals surface area (Å²) in [5.74, 6) is -2.43. The lowest BCUT2D eigenvalue weighted by atomic mass is 9.77. The maximum atomic E-state index is 14.4. The van der Waals surface area contributed by atoms with Crippen molar-refractivity contribution in [2.24, 2.45) is 17.8 Å². The summed E-state index contributed by atoms with van der Waals surface area (Å²) >= 11 is 1.95. The van der Waals surface area contributed by atoms with E-state index in [-0.39, 0.29) is 36.9 Å². The number of hydrogen-bond acceptors (Lipinski definition) is 16. The topological polar surface area (TPSA) is 177 Å². The second-order valence-electron chi connectivity index (χ2n) is 19.0. The minimum absolute atomic E-state index is 0.0937. The number of carbonyl (C=O) groups is 1. The van der Waals surface area contributed by atoms with Gasteiger partial charge in [0.15, 0.2) is 16.7 Å². The van der Waals surface area contributed by atoms with Crippen LogP contribution >= 0.6 is 22.6 Å². The van der Waals surface area contributed by atoms with Gasteiger partial charge in [-0.2, -0.15) is 0 Å². The number of likely N-dealkylation sites (N-methyl/N-ethyl adjacent to an activating group) is 2. The van der Waals surface area contributed by atoms with Crippen molar-refractivity contribution >= 4 is 28.6 Å². The molecule has 3 rings (SSSR count). The molecule has 62 heavy (non-hydrogen) atoms. The van der Waals surface area contributed by atoms with E-state index in [1.54, 1.807) is 34.0 Å². The molecule has 0 aromatic carbocycles. The third-order valence-corrected chi connectivity index (χ3v) is 14.6. The number of hydrogen-bond donors (Lipinski definition) is 3. The number of nitrogens with zero attached hydrogens (tertiary/aromatic N) is 2. The monoisotopic (exact) mass is 1000 g/mol. The molecular weight excluding hydrogens is 919 g/mol. The molecule has 3 aliphatic heterocycles. The van der Waals surface area contributed by atoms with E-state index in [2.05, 4.69) is 11.5 Å². The van der Waals surface area contributed by atoms with Crippen LogP contribution in [0.5, 0.6) is 0 Å². The minimum atomic E-state index is -1.60. The van der Waals surface area contributed by atoms with Gasteiger partial charge in [0.25, 0.3) is 0 Å².